The fraction of sp³-hybridized carbons (Fsp3) is 0.0667. The molecular weight excluding hydrogens is 293 g/mol. The fourth-order valence-electron chi connectivity index (χ4n) is 1.76. The lowest BCUT2D eigenvalue weighted by Gasteiger charge is -2.05. The molecule has 112 valence electrons. The molecule has 0 fully saturated rings. The molecule has 0 spiro atoms. The molecule has 0 bridgehead atoms. The third-order valence-electron chi connectivity index (χ3n) is 2.80. The number of ketones is 1. The van der Waals surface area contributed by atoms with E-state index in [1.807, 2.05) is 0 Å². The van der Waals surface area contributed by atoms with E-state index in [0.29, 0.717) is 0 Å². The van der Waals surface area contributed by atoms with Crippen molar-refractivity contribution in [1.29, 1.82) is 0 Å². The number of carbonyl (C=O) groups excluding carboxylic acids is 2. The predicted molar refractivity (Wildman–Crippen MR) is 74.1 cm³/mol. The summed E-state index contributed by atoms with van der Waals surface area (Å²) in [4.78, 5) is 33.7. The molecule has 0 aliphatic rings. The number of esters is 1. The Morgan fingerprint density at radius 3 is 2.55 bits per heavy atom. The first-order valence-corrected chi connectivity index (χ1v) is 6.18. The average molecular weight is 303 g/mol. The number of para-hydroxylation sites is 1. The van der Waals surface area contributed by atoms with Gasteiger partial charge in [0, 0.05) is 11.6 Å². The number of halogens is 1. The predicted octanol–water partition coefficient (Wildman–Crippen LogP) is 2.77. The maximum Gasteiger partial charge on any atom is 0.345 e. The van der Waals surface area contributed by atoms with Crippen molar-refractivity contribution < 1.29 is 23.6 Å². The molecule has 0 saturated carbocycles. The second-order valence-electron chi connectivity index (χ2n) is 4.28. The van der Waals surface area contributed by atoms with Crippen LogP contribution in [0.1, 0.15) is 20.7 Å². The topological polar surface area (TPSA) is 86.5 Å². The van der Waals surface area contributed by atoms with Gasteiger partial charge in [0.2, 0.25) is 0 Å². The maximum absolute atomic E-state index is 13.0. The number of nitro groups is 1. The molecule has 0 saturated heterocycles. The molecule has 0 amide bonds. The van der Waals surface area contributed by atoms with E-state index < -0.39 is 34.8 Å². The lowest BCUT2D eigenvalue weighted by Crippen LogP contribution is -2.15. The lowest BCUT2D eigenvalue weighted by molar-refractivity contribution is -0.385. The molecule has 2 aromatic carbocycles. The second kappa shape index (κ2) is 6.57. The number of carbonyl (C=O) groups is 2. The van der Waals surface area contributed by atoms with Gasteiger partial charge in [0.25, 0.3) is 5.69 Å². The summed E-state index contributed by atoms with van der Waals surface area (Å²) in [5, 5.41) is 10.8. The van der Waals surface area contributed by atoms with Crippen LogP contribution in [0, 0.1) is 15.9 Å². The molecule has 0 atom stereocenters. The first kappa shape index (κ1) is 15.3. The standard InChI is InChI=1S/C15H10FNO5/c16-11-5-3-4-10(8-11)14(18)9-22-15(19)12-6-1-2-7-13(12)17(20)21/h1-8H,9H2. The van der Waals surface area contributed by atoms with Crippen LogP contribution in [0.4, 0.5) is 10.1 Å². The van der Waals surface area contributed by atoms with Crippen LogP contribution >= 0.6 is 0 Å². The van der Waals surface area contributed by atoms with Crippen LogP contribution in [0.5, 0.6) is 0 Å². The summed E-state index contributed by atoms with van der Waals surface area (Å²) in [5.74, 6) is -2.18. The van der Waals surface area contributed by atoms with Gasteiger partial charge < -0.3 is 4.74 Å². The zero-order valence-electron chi connectivity index (χ0n) is 11.2. The van der Waals surface area contributed by atoms with Gasteiger partial charge in [-0.25, -0.2) is 9.18 Å². The Hall–Kier alpha value is -3.09. The minimum absolute atomic E-state index is 0.0513. The van der Waals surface area contributed by atoms with Crippen molar-refractivity contribution in [3.8, 4) is 0 Å². The van der Waals surface area contributed by atoms with E-state index in [2.05, 4.69) is 0 Å². The van der Waals surface area contributed by atoms with E-state index in [1.165, 1.54) is 36.4 Å². The van der Waals surface area contributed by atoms with Crippen LogP contribution in [-0.2, 0) is 4.74 Å². The van der Waals surface area contributed by atoms with Crippen molar-refractivity contribution in [2.24, 2.45) is 0 Å². The summed E-state index contributed by atoms with van der Waals surface area (Å²) in [6.07, 6.45) is 0. The summed E-state index contributed by atoms with van der Waals surface area (Å²) >= 11 is 0. The van der Waals surface area contributed by atoms with Gasteiger partial charge in [-0.2, -0.15) is 0 Å². The summed E-state index contributed by atoms with van der Waals surface area (Å²) in [7, 11) is 0. The van der Waals surface area contributed by atoms with Crippen LogP contribution in [0.25, 0.3) is 0 Å². The SMILES string of the molecule is O=C(COC(=O)c1ccccc1[N+](=O)[O-])c1cccc(F)c1. The lowest BCUT2D eigenvalue weighted by atomic mass is 10.1. The van der Waals surface area contributed by atoms with Crippen LogP contribution in [0.3, 0.4) is 0 Å². The van der Waals surface area contributed by atoms with Gasteiger partial charge in [0.15, 0.2) is 12.4 Å². The van der Waals surface area contributed by atoms with Crippen molar-refractivity contribution in [3.05, 3.63) is 75.6 Å². The molecule has 2 rings (SSSR count). The van der Waals surface area contributed by atoms with Crippen LogP contribution < -0.4 is 0 Å². The van der Waals surface area contributed by atoms with Gasteiger partial charge in [-0.1, -0.05) is 24.3 Å². The van der Waals surface area contributed by atoms with E-state index in [9.17, 15) is 24.1 Å². The van der Waals surface area contributed by atoms with Gasteiger partial charge in [0.05, 0.1) is 4.92 Å². The van der Waals surface area contributed by atoms with Crippen LogP contribution in [0.2, 0.25) is 0 Å². The molecule has 6 nitrogen and oxygen atoms in total. The highest BCUT2D eigenvalue weighted by Gasteiger charge is 2.21. The van der Waals surface area contributed by atoms with Crippen LogP contribution in [-0.4, -0.2) is 23.3 Å². The highest BCUT2D eigenvalue weighted by molar-refractivity contribution is 6.00. The van der Waals surface area contributed by atoms with E-state index in [4.69, 9.17) is 4.74 Å². The number of hydrogen-bond acceptors (Lipinski definition) is 5. The quantitative estimate of drug-likeness (QED) is 0.367. The highest BCUT2D eigenvalue weighted by atomic mass is 19.1. The number of hydrogen-bond donors (Lipinski definition) is 0. The molecule has 0 aliphatic heterocycles. The molecular formula is C15H10FNO5. The first-order chi connectivity index (χ1) is 10.5. The van der Waals surface area contributed by atoms with E-state index in [-0.39, 0.29) is 11.1 Å². The number of Topliss-reactive ketones (excluding diaryl/α,β-unsaturated/α-hetero) is 1. The average Bonchev–Trinajstić information content (AvgIpc) is 2.52. The van der Waals surface area contributed by atoms with Gasteiger partial charge in [-0.15, -0.1) is 0 Å². The minimum atomic E-state index is -0.989. The Morgan fingerprint density at radius 1 is 1.14 bits per heavy atom. The van der Waals surface area contributed by atoms with Gasteiger partial charge in [-0.05, 0) is 18.2 Å². The van der Waals surface area contributed by atoms with Crippen molar-refractivity contribution >= 4 is 17.4 Å². The monoisotopic (exact) mass is 303 g/mol. The number of nitro benzene ring substituents is 1. The van der Waals surface area contributed by atoms with Crippen molar-refractivity contribution in [2.75, 3.05) is 6.61 Å². The van der Waals surface area contributed by atoms with E-state index >= 15 is 0 Å². The smallest absolute Gasteiger partial charge is 0.345 e. The van der Waals surface area contributed by atoms with Crippen molar-refractivity contribution in [2.45, 2.75) is 0 Å². The summed E-state index contributed by atoms with van der Waals surface area (Å²) in [6.45, 7) is -0.631. The Balaban J connectivity index is 2.07. The van der Waals surface area contributed by atoms with Gasteiger partial charge >= 0.3 is 5.97 Å². The summed E-state index contributed by atoms with van der Waals surface area (Å²) in [5.41, 5.74) is -0.611. The molecule has 0 unspecified atom stereocenters. The normalized spacial score (nSPS) is 10.0. The maximum atomic E-state index is 13.0. The molecule has 2 aromatic rings. The van der Waals surface area contributed by atoms with Crippen molar-refractivity contribution in [1.82, 2.24) is 0 Å². The molecule has 22 heavy (non-hydrogen) atoms. The third-order valence-corrected chi connectivity index (χ3v) is 2.80. The second-order valence-corrected chi connectivity index (χ2v) is 4.28. The van der Waals surface area contributed by atoms with Crippen molar-refractivity contribution in [3.63, 3.8) is 0 Å². The zero-order valence-corrected chi connectivity index (χ0v) is 11.2. The third kappa shape index (κ3) is 3.51. The Kier molecular flexibility index (Phi) is 4.57. The number of ether oxygens (including phenoxy) is 1. The van der Waals surface area contributed by atoms with Gasteiger partial charge in [0.1, 0.15) is 11.4 Å². The Morgan fingerprint density at radius 2 is 1.86 bits per heavy atom. The molecule has 0 aliphatic carbocycles. The number of nitrogens with zero attached hydrogens (tertiary/aromatic N) is 1. The van der Waals surface area contributed by atoms with E-state index in [0.717, 1.165) is 12.1 Å². The fourth-order valence-corrected chi connectivity index (χ4v) is 1.76. The molecule has 0 N–H and O–H groups in total. The summed E-state index contributed by atoms with van der Waals surface area (Å²) in [6, 6.07) is 10.2. The first-order valence-electron chi connectivity index (χ1n) is 6.18. The molecule has 0 heterocycles. The highest BCUT2D eigenvalue weighted by Crippen LogP contribution is 2.18. The number of benzene rings is 2. The number of rotatable bonds is 5. The minimum Gasteiger partial charge on any atom is -0.454 e. The van der Waals surface area contributed by atoms with Gasteiger partial charge in [-0.3, -0.25) is 14.9 Å². The van der Waals surface area contributed by atoms with Crippen LogP contribution in [0.15, 0.2) is 48.5 Å². The largest absolute Gasteiger partial charge is 0.454 e. The molecule has 0 radical (unpaired) electrons. The van der Waals surface area contributed by atoms with E-state index in [1.54, 1.807) is 0 Å². The molecule has 7 heteroatoms. The Labute approximate surface area is 124 Å². The zero-order chi connectivity index (χ0) is 16.1. The Bertz CT molecular complexity index is 744. The molecule has 0 aromatic heterocycles. The summed E-state index contributed by atoms with van der Waals surface area (Å²) < 4.78 is 17.8.